The molecule has 1 fully saturated rings. The third-order valence-corrected chi connectivity index (χ3v) is 2.59. The van der Waals surface area contributed by atoms with Crippen molar-refractivity contribution in [3.8, 4) is 0 Å². The number of carbonyl (C=O) groups is 2. The van der Waals surface area contributed by atoms with Gasteiger partial charge in [-0.2, -0.15) is 0 Å². The van der Waals surface area contributed by atoms with Gasteiger partial charge in [-0.15, -0.1) is 11.8 Å². The first-order chi connectivity index (χ1) is 7.15. The number of hydrogen-bond donors (Lipinski definition) is 1. The van der Waals surface area contributed by atoms with Gasteiger partial charge in [0.15, 0.2) is 0 Å². The molecule has 84 valence electrons. The second-order valence-electron chi connectivity index (χ2n) is 3.44. The molecule has 0 unspecified atom stereocenters. The Morgan fingerprint density at radius 1 is 1.53 bits per heavy atom. The molecule has 1 aliphatic rings. The number of carbonyl (C=O) groups excluding carboxylic acids is 1. The summed E-state index contributed by atoms with van der Waals surface area (Å²) in [6.07, 6.45) is 5.40. The predicted octanol–water partition coefficient (Wildman–Crippen LogP) is 1.33. The smallest absolute Gasteiger partial charge is 0.305 e. The lowest BCUT2D eigenvalue weighted by molar-refractivity contribution is -0.138. The topological polar surface area (TPSA) is 57.6 Å². The molecule has 0 saturated heterocycles. The van der Waals surface area contributed by atoms with Crippen molar-refractivity contribution in [1.82, 2.24) is 4.90 Å². The van der Waals surface area contributed by atoms with Crippen LogP contribution in [-0.2, 0) is 9.59 Å². The highest BCUT2D eigenvalue weighted by Gasteiger charge is 2.31. The van der Waals surface area contributed by atoms with Crippen molar-refractivity contribution in [2.75, 3.05) is 12.8 Å². The lowest BCUT2D eigenvalue weighted by Gasteiger charge is -2.19. The van der Waals surface area contributed by atoms with Gasteiger partial charge < -0.3 is 10.0 Å². The number of carboxylic acids is 1. The first kappa shape index (κ1) is 12.1. The fourth-order valence-electron chi connectivity index (χ4n) is 1.30. The number of hydrogen-bond acceptors (Lipinski definition) is 3. The monoisotopic (exact) mass is 229 g/mol. The molecular weight excluding hydrogens is 214 g/mol. The standard InChI is InChI=1S/C10H15NO3S/c1-15-7-5-9(12)11(8-2-3-8)6-4-10(13)14/h5,7-8H,2-4,6H2,1H3,(H,13,14)/b7-5+. The van der Waals surface area contributed by atoms with Gasteiger partial charge in [0, 0.05) is 18.7 Å². The van der Waals surface area contributed by atoms with Crippen LogP contribution in [0.25, 0.3) is 0 Å². The second kappa shape index (κ2) is 5.80. The summed E-state index contributed by atoms with van der Waals surface area (Å²) in [6.45, 7) is 0.317. The molecule has 0 aromatic rings. The highest BCUT2D eigenvalue weighted by Crippen LogP contribution is 2.27. The quantitative estimate of drug-likeness (QED) is 0.698. The van der Waals surface area contributed by atoms with Crippen LogP contribution >= 0.6 is 11.8 Å². The molecule has 0 aromatic carbocycles. The predicted molar refractivity (Wildman–Crippen MR) is 59.6 cm³/mol. The summed E-state index contributed by atoms with van der Waals surface area (Å²) in [5.74, 6) is -0.935. The van der Waals surface area contributed by atoms with Gasteiger partial charge in [0.1, 0.15) is 0 Å². The van der Waals surface area contributed by atoms with Gasteiger partial charge >= 0.3 is 5.97 Å². The maximum atomic E-state index is 11.6. The van der Waals surface area contributed by atoms with Gasteiger partial charge in [-0.25, -0.2) is 0 Å². The fourth-order valence-corrected chi connectivity index (χ4v) is 1.55. The molecule has 0 heterocycles. The largest absolute Gasteiger partial charge is 0.481 e. The van der Waals surface area contributed by atoms with E-state index in [2.05, 4.69) is 0 Å². The first-order valence-corrected chi connectivity index (χ1v) is 6.15. The van der Waals surface area contributed by atoms with Crippen LogP contribution in [-0.4, -0.2) is 40.7 Å². The van der Waals surface area contributed by atoms with Crippen molar-refractivity contribution in [3.05, 3.63) is 11.5 Å². The van der Waals surface area contributed by atoms with E-state index in [-0.39, 0.29) is 18.4 Å². The third-order valence-electron chi connectivity index (χ3n) is 2.18. The number of thioether (sulfide) groups is 1. The van der Waals surface area contributed by atoms with Crippen molar-refractivity contribution in [3.63, 3.8) is 0 Å². The van der Waals surface area contributed by atoms with Crippen molar-refractivity contribution in [2.24, 2.45) is 0 Å². The van der Waals surface area contributed by atoms with E-state index in [0.29, 0.717) is 6.54 Å². The first-order valence-electron chi connectivity index (χ1n) is 4.87. The summed E-state index contributed by atoms with van der Waals surface area (Å²) in [7, 11) is 0. The summed E-state index contributed by atoms with van der Waals surface area (Å²) in [4.78, 5) is 23.7. The van der Waals surface area contributed by atoms with Gasteiger partial charge in [-0.1, -0.05) is 0 Å². The Labute approximate surface area is 93.3 Å². The number of nitrogens with zero attached hydrogens (tertiary/aromatic N) is 1. The SMILES string of the molecule is CS/C=C/C(=O)N(CCC(=O)O)C1CC1. The molecular formula is C10H15NO3S. The van der Waals surface area contributed by atoms with E-state index in [1.807, 2.05) is 6.26 Å². The average Bonchev–Trinajstić information content (AvgIpc) is 2.98. The minimum atomic E-state index is -0.859. The molecule has 0 bridgehead atoms. The number of carboxylic acid groups (broad SMARTS) is 1. The van der Waals surface area contributed by atoms with Gasteiger partial charge in [0.05, 0.1) is 6.42 Å². The minimum Gasteiger partial charge on any atom is -0.481 e. The Kier molecular flexibility index (Phi) is 4.68. The van der Waals surface area contributed by atoms with Crippen LogP contribution in [0.15, 0.2) is 11.5 Å². The molecule has 0 aliphatic heterocycles. The third kappa shape index (κ3) is 4.38. The maximum Gasteiger partial charge on any atom is 0.305 e. The number of rotatable bonds is 6. The van der Waals surface area contributed by atoms with Crippen molar-refractivity contribution in [1.29, 1.82) is 0 Å². The van der Waals surface area contributed by atoms with Crippen molar-refractivity contribution < 1.29 is 14.7 Å². The number of amides is 1. The van der Waals surface area contributed by atoms with Gasteiger partial charge in [0.2, 0.25) is 5.91 Å². The summed E-state index contributed by atoms with van der Waals surface area (Å²) < 4.78 is 0. The zero-order valence-corrected chi connectivity index (χ0v) is 9.50. The molecule has 5 heteroatoms. The summed E-state index contributed by atoms with van der Waals surface area (Å²) in [6, 6.07) is 0.267. The molecule has 0 aromatic heterocycles. The van der Waals surface area contributed by atoms with Crippen LogP contribution in [0.2, 0.25) is 0 Å². The van der Waals surface area contributed by atoms with Gasteiger partial charge in [-0.3, -0.25) is 9.59 Å². The Morgan fingerprint density at radius 2 is 2.20 bits per heavy atom. The Hall–Kier alpha value is -0.970. The van der Waals surface area contributed by atoms with E-state index < -0.39 is 5.97 Å². The molecule has 0 spiro atoms. The summed E-state index contributed by atoms with van der Waals surface area (Å²) >= 11 is 1.46. The zero-order chi connectivity index (χ0) is 11.3. The van der Waals surface area contributed by atoms with E-state index in [4.69, 9.17) is 5.11 Å². The minimum absolute atomic E-state index is 0.0232. The Balaban J connectivity index is 2.45. The maximum absolute atomic E-state index is 11.6. The summed E-state index contributed by atoms with van der Waals surface area (Å²) in [5.41, 5.74) is 0. The van der Waals surface area contributed by atoms with Crippen LogP contribution in [0.3, 0.4) is 0 Å². The Morgan fingerprint density at radius 3 is 2.67 bits per heavy atom. The van der Waals surface area contributed by atoms with Gasteiger partial charge in [0.25, 0.3) is 0 Å². The molecule has 1 rings (SSSR count). The van der Waals surface area contributed by atoms with E-state index in [9.17, 15) is 9.59 Å². The molecule has 1 aliphatic carbocycles. The van der Waals surface area contributed by atoms with E-state index in [0.717, 1.165) is 12.8 Å². The van der Waals surface area contributed by atoms with Crippen LogP contribution in [0.5, 0.6) is 0 Å². The molecule has 0 radical (unpaired) electrons. The highest BCUT2D eigenvalue weighted by molar-refractivity contribution is 8.01. The van der Waals surface area contributed by atoms with E-state index >= 15 is 0 Å². The molecule has 0 atom stereocenters. The van der Waals surface area contributed by atoms with Gasteiger partial charge in [-0.05, 0) is 24.5 Å². The zero-order valence-electron chi connectivity index (χ0n) is 8.68. The molecule has 1 saturated carbocycles. The Bertz CT molecular complexity index is 274. The van der Waals surface area contributed by atoms with Crippen LogP contribution in [0.1, 0.15) is 19.3 Å². The highest BCUT2D eigenvalue weighted by atomic mass is 32.2. The van der Waals surface area contributed by atoms with E-state index in [1.165, 1.54) is 17.8 Å². The second-order valence-corrected chi connectivity index (χ2v) is 4.19. The molecule has 1 N–H and O–H groups in total. The molecule has 15 heavy (non-hydrogen) atoms. The van der Waals surface area contributed by atoms with E-state index in [1.54, 1.807) is 10.3 Å². The van der Waals surface area contributed by atoms with Crippen LogP contribution < -0.4 is 0 Å². The lowest BCUT2D eigenvalue weighted by Crippen LogP contribution is -2.33. The number of aliphatic carboxylic acids is 1. The van der Waals surface area contributed by atoms with Crippen LogP contribution in [0.4, 0.5) is 0 Å². The summed E-state index contributed by atoms with van der Waals surface area (Å²) in [5, 5.41) is 10.3. The van der Waals surface area contributed by atoms with Crippen molar-refractivity contribution >= 4 is 23.6 Å². The van der Waals surface area contributed by atoms with Crippen LogP contribution in [0, 0.1) is 0 Å². The average molecular weight is 229 g/mol. The van der Waals surface area contributed by atoms with Crippen molar-refractivity contribution in [2.45, 2.75) is 25.3 Å². The molecule has 1 amide bonds. The molecule has 4 nitrogen and oxygen atoms in total. The normalized spacial score (nSPS) is 15.5. The fraction of sp³-hybridized carbons (Fsp3) is 0.600. The lowest BCUT2D eigenvalue weighted by atomic mass is 10.3.